The highest BCUT2D eigenvalue weighted by Crippen LogP contribution is 2.36. The van der Waals surface area contributed by atoms with Gasteiger partial charge in [0.1, 0.15) is 5.75 Å². The van der Waals surface area contributed by atoms with Gasteiger partial charge in [-0.15, -0.1) is 11.3 Å². The second kappa shape index (κ2) is 10.8. The Bertz CT molecular complexity index is 818. The van der Waals surface area contributed by atoms with Gasteiger partial charge in [0, 0.05) is 6.54 Å². The quantitative estimate of drug-likeness (QED) is 0.479. The summed E-state index contributed by atoms with van der Waals surface area (Å²) in [4.78, 5) is 17.5. The van der Waals surface area contributed by atoms with E-state index in [-0.39, 0.29) is 0 Å². The van der Waals surface area contributed by atoms with Crippen molar-refractivity contribution in [3.8, 4) is 16.3 Å². The number of amides is 1. The van der Waals surface area contributed by atoms with Crippen LogP contribution >= 0.6 is 22.9 Å². The fourth-order valence-electron chi connectivity index (χ4n) is 3.43. The molecular weight excluding hydrogens is 408 g/mol. The van der Waals surface area contributed by atoms with Crippen molar-refractivity contribution in [2.75, 3.05) is 6.61 Å². The van der Waals surface area contributed by atoms with Gasteiger partial charge < -0.3 is 14.8 Å². The smallest absolute Gasteiger partial charge is 0.407 e. The molecule has 3 rings (SSSR count). The lowest BCUT2D eigenvalue weighted by atomic mass is 9.98. The first kappa shape index (κ1) is 21.9. The number of hydrogen-bond acceptors (Lipinski definition) is 5. The van der Waals surface area contributed by atoms with Crippen molar-refractivity contribution in [1.82, 2.24) is 10.3 Å². The molecule has 2 aromatic heterocycles. The van der Waals surface area contributed by atoms with Crippen LogP contribution in [0.3, 0.4) is 0 Å². The molecule has 7 heteroatoms. The maximum atomic E-state index is 11.8. The third-order valence-electron chi connectivity index (χ3n) is 5.05. The molecule has 29 heavy (non-hydrogen) atoms. The van der Waals surface area contributed by atoms with E-state index in [0.29, 0.717) is 23.6 Å². The van der Waals surface area contributed by atoms with E-state index in [1.54, 1.807) is 0 Å². The molecule has 1 saturated carbocycles. The summed E-state index contributed by atoms with van der Waals surface area (Å²) in [5, 5.41) is 2.80. The lowest BCUT2D eigenvalue weighted by Gasteiger charge is -2.23. The van der Waals surface area contributed by atoms with Crippen molar-refractivity contribution in [2.45, 2.75) is 71.4 Å². The molecule has 0 radical (unpaired) electrons. The molecule has 158 valence electrons. The summed E-state index contributed by atoms with van der Waals surface area (Å²) in [6.45, 7) is 4.81. The molecule has 1 aliphatic carbocycles. The summed E-state index contributed by atoms with van der Waals surface area (Å²) in [5.74, 6) is 0.850. The number of nitrogens with zero attached hydrogens (tertiary/aromatic N) is 1. The fourth-order valence-corrected chi connectivity index (χ4v) is 4.67. The molecular formula is C22H29ClN2O3S. The van der Waals surface area contributed by atoms with Crippen LogP contribution in [-0.4, -0.2) is 23.8 Å². The number of aromatic nitrogens is 1. The summed E-state index contributed by atoms with van der Waals surface area (Å²) in [7, 11) is 0. The molecule has 2 aromatic rings. The van der Waals surface area contributed by atoms with E-state index in [1.165, 1.54) is 30.6 Å². The van der Waals surface area contributed by atoms with Crippen LogP contribution in [0.15, 0.2) is 18.2 Å². The third kappa shape index (κ3) is 6.34. The number of hydrogen-bond donors (Lipinski definition) is 1. The topological polar surface area (TPSA) is 60.5 Å². The van der Waals surface area contributed by atoms with Gasteiger partial charge in [-0.25, -0.2) is 9.78 Å². The first-order valence-corrected chi connectivity index (χ1v) is 11.6. The second-order valence-electron chi connectivity index (χ2n) is 7.41. The molecule has 1 N–H and O–H groups in total. The van der Waals surface area contributed by atoms with Gasteiger partial charge in [-0.2, -0.15) is 0 Å². The Kier molecular flexibility index (Phi) is 8.19. The lowest BCUT2D eigenvalue weighted by molar-refractivity contribution is 0.144. The van der Waals surface area contributed by atoms with E-state index >= 15 is 0 Å². The zero-order chi connectivity index (χ0) is 20.6. The highest BCUT2D eigenvalue weighted by atomic mass is 35.5. The van der Waals surface area contributed by atoms with Crippen LogP contribution in [0.2, 0.25) is 4.34 Å². The van der Waals surface area contributed by atoms with Crippen LogP contribution in [-0.2, 0) is 11.3 Å². The van der Waals surface area contributed by atoms with Crippen LogP contribution in [0.1, 0.15) is 63.1 Å². The van der Waals surface area contributed by atoms with Crippen LogP contribution in [0.4, 0.5) is 4.79 Å². The Morgan fingerprint density at radius 2 is 2.10 bits per heavy atom. The monoisotopic (exact) mass is 436 g/mol. The van der Waals surface area contributed by atoms with Crippen LogP contribution < -0.4 is 10.1 Å². The van der Waals surface area contributed by atoms with Crippen molar-refractivity contribution in [3.63, 3.8) is 0 Å². The molecule has 1 amide bonds. The van der Waals surface area contributed by atoms with E-state index in [0.717, 1.165) is 53.3 Å². The van der Waals surface area contributed by atoms with E-state index in [4.69, 9.17) is 26.1 Å². The molecule has 0 unspecified atom stereocenters. The number of ether oxygens (including phenoxy) is 2. The van der Waals surface area contributed by atoms with Crippen LogP contribution in [0, 0.1) is 6.92 Å². The molecule has 2 heterocycles. The number of carbonyl (C=O) groups is 1. The van der Waals surface area contributed by atoms with Crippen LogP contribution in [0.5, 0.6) is 5.75 Å². The van der Waals surface area contributed by atoms with Crippen LogP contribution in [0.25, 0.3) is 10.6 Å². The Labute approximate surface area is 181 Å². The number of unbranched alkanes of at least 4 members (excludes halogenated alkanes) is 1. The van der Waals surface area contributed by atoms with E-state index in [1.807, 2.05) is 25.1 Å². The molecule has 1 aliphatic rings. The van der Waals surface area contributed by atoms with E-state index < -0.39 is 6.09 Å². The molecule has 0 bridgehead atoms. The Morgan fingerprint density at radius 1 is 1.31 bits per heavy atom. The van der Waals surface area contributed by atoms with Crippen molar-refractivity contribution in [2.24, 2.45) is 0 Å². The summed E-state index contributed by atoms with van der Waals surface area (Å²) >= 11 is 7.72. The van der Waals surface area contributed by atoms with Gasteiger partial charge in [0.25, 0.3) is 0 Å². The SMILES string of the molecule is CCCCOC(=O)NCc1cc(Cl)sc1-c1ccc(OC2CCCCC2)c(C)n1. The van der Waals surface area contributed by atoms with Gasteiger partial charge in [-0.3, -0.25) is 0 Å². The Balaban J connectivity index is 1.67. The van der Waals surface area contributed by atoms with E-state index in [2.05, 4.69) is 12.2 Å². The number of rotatable bonds is 8. The normalized spacial score (nSPS) is 14.6. The number of aryl methyl sites for hydroxylation is 1. The summed E-state index contributed by atoms with van der Waals surface area (Å²) in [5.41, 5.74) is 2.64. The number of pyridine rings is 1. The predicted octanol–water partition coefficient (Wildman–Crippen LogP) is 6.51. The van der Waals surface area contributed by atoms with Crippen molar-refractivity contribution >= 4 is 29.0 Å². The average Bonchev–Trinajstić information content (AvgIpc) is 3.09. The summed E-state index contributed by atoms with van der Waals surface area (Å²) in [6.07, 6.45) is 7.75. The maximum Gasteiger partial charge on any atom is 0.407 e. The summed E-state index contributed by atoms with van der Waals surface area (Å²) < 4.78 is 12.0. The van der Waals surface area contributed by atoms with Crippen molar-refractivity contribution in [1.29, 1.82) is 0 Å². The predicted molar refractivity (Wildman–Crippen MR) is 118 cm³/mol. The van der Waals surface area contributed by atoms with Gasteiger partial charge in [0.05, 0.1) is 33.3 Å². The standard InChI is InChI=1S/C22H29ClN2O3S/c1-3-4-12-27-22(26)24-14-16-13-20(23)29-21(16)18-10-11-19(15(2)25-18)28-17-8-6-5-7-9-17/h10-11,13,17H,3-9,12,14H2,1-2H3,(H,24,26). The minimum absolute atomic E-state index is 0.296. The van der Waals surface area contributed by atoms with Crippen molar-refractivity contribution in [3.05, 3.63) is 33.8 Å². The maximum absolute atomic E-state index is 11.8. The molecule has 0 atom stereocenters. The molecule has 0 spiro atoms. The largest absolute Gasteiger partial charge is 0.489 e. The minimum Gasteiger partial charge on any atom is -0.489 e. The number of halogens is 1. The highest BCUT2D eigenvalue weighted by Gasteiger charge is 2.18. The fraction of sp³-hybridized carbons (Fsp3) is 0.545. The van der Waals surface area contributed by atoms with Crippen molar-refractivity contribution < 1.29 is 14.3 Å². The zero-order valence-electron chi connectivity index (χ0n) is 17.1. The van der Waals surface area contributed by atoms with Gasteiger partial charge >= 0.3 is 6.09 Å². The first-order chi connectivity index (χ1) is 14.1. The Hall–Kier alpha value is -1.79. The number of nitrogens with one attached hydrogen (secondary N) is 1. The second-order valence-corrected chi connectivity index (χ2v) is 9.09. The number of alkyl carbamates (subject to hydrolysis) is 1. The van der Waals surface area contributed by atoms with Gasteiger partial charge in [-0.05, 0) is 62.8 Å². The zero-order valence-corrected chi connectivity index (χ0v) is 18.7. The number of thiophene rings is 1. The molecule has 5 nitrogen and oxygen atoms in total. The highest BCUT2D eigenvalue weighted by molar-refractivity contribution is 7.19. The number of carbonyl (C=O) groups excluding carboxylic acids is 1. The molecule has 0 aromatic carbocycles. The Morgan fingerprint density at radius 3 is 2.83 bits per heavy atom. The summed E-state index contributed by atoms with van der Waals surface area (Å²) in [6, 6.07) is 5.84. The third-order valence-corrected chi connectivity index (χ3v) is 6.38. The molecule has 1 fully saturated rings. The average molecular weight is 437 g/mol. The van der Waals surface area contributed by atoms with Gasteiger partial charge in [0.15, 0.2) is 0 Å². The molecule has 0 aliphatic heterocycles. The van der Waals surface area contributed by atoms with Gasteiger partial charge in [0.2, 0.25) is 0 Å². The van der Waals surface area contributed by atoms with Gasteiger partial charge in [-0.1, -0.05) is 31.4 Å². The lowest BCUT2D eigenvalue weighted by Crippen LogP contribution is -2.24. The van der Waals surface area contributed by atoms with E-state index in [9.17, 15) is 4.79 Å². The molecule has 0 saturated heterocycles. The first-order valence-electron chi connectivity index (χ1n) is 10.4. The minimum atomic E-state index is -0.410.